The molecular weight excluding hydrogens is 493 g/mol. The molecule has 0 fully saturated rings. The van der Waals surface area contributed by atoms with Crippen molar-refractivity contribution in [2.45, 2.75) is 6.92 Å². The lowest BCUT2D eigenvalue weighted by Gasteiger charge is -2.13. The lowest BCUT2D eigenvalue weighted by atomic mass is 10.0. The normalized spacial score (nSPS) is 12.5. The van der Waals surface area contributed by atoms with Gasteiger partial charge in [0.15, 0.2) is 5.75 Å². The van der Waals surface area contributed by atoms with Gasteiger partial charge >= 0.3 is 0 Å². The molecule has 0 aliphatic rings. The van der Waals surface area contributed by atoms with Crippen LogP contribution < -0.4 is 8.92 Å². The van der Waals surface area contributed by atoms with Gasteiger partial charge in [0, 0.05) is 10.9 Å². The van der Waals surface area contributed by atoms with Crippen LogP contribution in [0, 0.1) is 36.0 Å². The first-order valence-corrected chi connectivity index (χ1v) is 11.5. The zero-order chi connectivity index (χ0) is 24.3. The second-order valence-corrected chi connectivity index (χ2v) is 9.11. The van der Waals surface area contributed by atoms with E-state index >= 15 is 0 Å². The first-order chi connectivity index (χ1) is 15.5. The molecule has 33 heavy (non-hydrogen) atoms. The van der Waals surface area contributed by atoms with Crippen molar-refractivity contribution in [2.75, 3.05) is 5.94 Å². The average molecular weight is 506 g/mol. The molecule has 0 bridgehead atoms. The molecule has 3 aromatic carbocycles. The minimum atomic E-state index is -4.65. The van der Waals surface area contributed by atoms with Crippen LogP contribution in [0.15, 0.2) is 52.3 Å². The summed E-state index contributed by atoms with van der Waals surface area (Å²) >= 11 is 0. The zero-order valence-corrected chi connectivity index (χ0v) is 18.2. The molecule has 0 aliphatic heterocycles. The van der Waals surface area contributed by atoms with Crippen molar-refractivity contribution in [3.05, 3.63) is 83.2 Å². The minimum absolute atomic E-state index is 0.108. The Morgan fingerprint density at radius 1 is 0.788 bits per heavy atom. The molecule has 176 valence electrons. The van der Waals surface area contributed by atoms with E-state index < -0.39 is 61.7 Å². The van der Waals surface area contributed by atoms with E-state index in [1.54, 1.807) is 12.1 Å². The Kier molecular flexibility index (Phi) is 7.22. The Morgan fingerprint density at radius 2 is 1.24 bits per heavy atom. The Morgan fingerprint density at radius 3 is 1.76 bits per heavy atom. The highest BCUT2D eigenvalue weighted by atomic mass is 32.3. The van der Waals surface area contributed by atoms with Crippen molar-refractivity contribution in [1.29, 1.82) is 0 Å². The van der Waals surface area contributed by atoms with E-state index in [9.17, 15) is 34.6 Å². The first kappa shape index (κ1) is 24.5. The largest absolute Gasteiger partial charge is 0.541 e. The van der Waals surface area contributed by atoms with Gasteiger partial charge in [0.2, 0.25) is 35.0 Å². The third-order valence-corrected chi connectivity index (χ3v) is 6.23. The summed E-state index contributed by atoms with van der Waals surface area (Å²) in [5.41, 5.74) is 2.82. The highest BCUT2D eigenvalue weighted by molar-refractivity contribution is 7.95. The fourth-order valence-electron chi connectivity index (χ4n) is 2.49. The van der Waals surface area contributed by atoms with Crippen molar-refractivity contribution >= 4 is 20.9 Å². The smallest absolute Gasteiger partial charge is 0.269 e. The van der Waals surface area contributed by atoms with E-state index in [1.807, 2.05) is 31.2 Å². The number of aryl methyl sites for hydroxylation is 1. The van der Waals surface area contributed by atoms with Crippen molar-refractivity contribution in [3.8, 4) is 22.6 Å². The minimum Gasteiger partial charge on any atom is -0.541 e. The lowest BCUT2D eigenvalue weighted by Crippen LogP contribution is -2.11. The number of halogens is 5. The number of hydrogen-bond acceptors (Lipinski definition) is 6. The zero-order valence-electron chi connectivity index (χ0n) is 16.5. The first-order valence-electron chi connectivity index (χ1n) is 8.86. The molecule has 0 saturated carbocycles. The molecule has 0 aliphatic carbocycles. The summed E-state index contributed by atoms with van der Waals surface area (Å²) in [6, 6.07) is 13.9. The van der Waals surface area contributed by atoms with Gasteiger partial charge in [-0.3, -0.25) is 0 Å². The summed E-state index contributed by atoms with van der Waals surface area (Å²) in [7, 11) is -8.00. The van der Waals surface area contributed by atoms with Gasteiger partial charge in [-0.2, -0.15) is 8.78 Å². The van der Waals surface area contributed by atoms with Crippen molar-refractivity contribution in [2.24, 2.45) is 3.77 Å². The van der Waals surface area contributed by atoms with Crippen molar-refractivity contribution in [3.63, 3.8) is 0 Å². The van der Waals surface area contributed by atoms with Crippen LogP contribution in [0.2, 0.25) is 0 Å². The summed E-state index contributed by atoms with van der Waals surface area (Å²) in [6.45, 7) is 1.94. The van der Waals surface area contributed by atoms with Gasteiger partial charge in [0.25, 0.3) is 10.0 Å². The molecule has 0 amide bonds. The summed E-state index contributed by atoms with van der Waals surface area (Å²) in [6.07, 6.45) is 0. The van der Waals surface area contributed by atoms with Gasteiger partial charge in [-0.15, -0.1) is 0 Å². The maximum Gasteiger partial charge on any atom is 0.269 e. The molecular formula is C20H13F5NO5S2-. The third kappa shape index (κ3) is 5.79. The molecule has 0 atom stereocenters. The summed E-state index contributed by atoms with van der Waals surface area (Å²) in [5.74, 6) is -15.0. The second-order valence-electron chi connectivity index (χ2n) is 6.51. The van der Waals surface area contributed by atoms with Crippen LogP contribution >= 0.6 is 0 Å². The van der Waals surface area contributed by atoms with Crippen LogP contribution in [0.1, 0.15) is 5.56 Å². The van der Waals surface area contributed by atoms with Gasteiger partial charge in [-0.1, -0.05) is 42.0 Å². The molecule has 0 radical (unpaired) electrons. The SMILES string of the molecule is Cc1ccc(-c2ccc(OCS(=O)(=O)N=[S-](=O)Oc3c(F)c(F)c(F)c(F)c3F)cc2)cc1. The molecule has 6 nitrogen and oxygen atoms in total. The third-order valence-electron chi connectivity index (χ3n) is 4.11. The second kappa shape index (κ2) is 9.75. The topological polar surface area (TPSA) is 82.0 Å². The number of sulfonamides is 1. The van der Waals surface area contributed by atoms with E-state index in [0.717, 1.165) is 16.7 Å². The summed E-state index contributed by atoms with van der Waals surface area (Å²) in [5, 5.41) is 0. The molecule has 0 N–H and O–H groups in total. The van der Waals surface area contributed by atoms with E-state index in [4.69, 9.17) is 4.74 Å². The summed E-state index contributed by atoms with van der Waals surface area (Å²) in [4.78, 5) is 0. The summed E-state index contributed by atoms with van der Waals surface area (Å²) < 4.78 is 114. The Hall–Kier alpha value is -3.19. The Balaban J connectivity index is 1.70. The van der Waals surface area contributed by atoms with E-state index in [1.165, 1.54) is 12.1 Å². The van der Waals surface area contributed by atoms with E-state index in [-0.39, 0.29) is 5.75 Å². The van der Waals surface area contributed by atoms with Gasteiger partial charge in [-0.25, -0.2) is 25.4 Å². The molecule has 0 saturated heterocycles. The number of rotatable bonds is 7. The average Bonchev–Trinajstić information content (AvgIpc) is 2.78. The molecule has 0 heterocycles. The Bertz CT molecular complexity index is 1340. The Labute approximate surface area is 187 Å². The number of nitrogens with zero attached hydrogens (tertiary/aromatic N) is 1. The lowest BCUT2D eigenvalue weighted by molar-refractivity contribution is 0.352. The van der Waals surface area contributed by atoms with Gasteiger partial charge in [-0.05, 0) is 30.2 Å². The van der Waals surface area contributed by atoms with Crippen LogP contribution in [-0.4, -0.2) is 14.4 Å². The van der Waals surface area contributed by atoms with E-state index in [2.05, 4.69) is 7.95 Å². The maximum atomic E-state index is 13.5. The van der Waals surface area contributed by atoms with Crippen LogP contribution in [0.4, 0.5) is 22.0 Å². The van der Waals surface area contributed by atoms with Crippen molar-refractivity contribution in [1.82, 2.24) is 0 Å². The molecule has 0 aromatic heterocycles. The highest BCUT2D eigenvalue weighted by Crippen LogP contribution is 2.29. The van der Waals surface area contributed by atoms with Crippen LogP contribution in [-0.2, 0) is 25.1 Å². The molecule has 0 spiro atoms. The molecule has 3 aromatic rings. The fourth-order valence-corrected chi connectivity index (χ4v) is 4.10. The molecule has 13 heteroatoms. The van der Waals surface area contributed by atoms with E-state index in [0.29, 0.717) is 0 Å². The number of ether oxygens (including phenoxy) is 1. The highest BCUT2D eigenvalue weighted by Gasteiger charge is 2.26. The van der Waals surface area contributed by atoms with Crippen LogP contribution in [0.3, 0.4) is 0 Å². The fraction of sp³-hybridized carbons (Fsp3) is 0.100. The van der Waals surface area contributed by atoms with Gasteiger partial charge in [0.05, 0.1) is 0 Å². The molecule has 0 unspecified atom stereocenters. The van der Waals surface area contributed by atoms with Crippen molar-refractivity contribution < 1.29 is 43.5 Å². The van der Waals surface area contributed by atoms with Crippen LogP contribution in [0.25, 0.3) is 11.1 Å². The monoisotopic (exact) mass is 506 g/mol. The van der Waals surface area contributed by atoms with Crippen LogP contribution in [0.5, 0.6) is 11.5 Å². The maximum absolute atomic E-state index is 13.5. The predicted octanol–water partition coefficient (Wildman–Crippen LogP) is 5.17. The molecule has 3 rings (SSSR count). The van der Waals surface area contributed by atoms with Gasteiger partial charge in [0.1, 0.15) is 5.75 Å². The predicted molar refractivity (Wildman–Crippen MR) is 108 cm³/mol. The number of hydrogen-bond donors (Lipinski definition) is 0. The number of benzene rings is 3. The quantitative estimate of drug-likeness (QED) is 0.191. The van der Waals surface area contributed by atoms with Gasteiger partial charge < -0.3 is 13.1 Å². The standard InChI is InChI=1S/C20H13F5NO5S2/c1-11-2-4-12(5-3-11)13-6-8-14(9-7-13)30-10-33(28,29)26-32(27)31-20-18(24)16(22)15(21)17(23)19(20)25/h2-9H,10H2,1H3/q-1.